The number of hydrogen-bond acceptors (Lipinski definition) is 6. The topological polar surface area (TPSA) is 87.3 Å². The number of nitrogens with zero attached hydrogens (tertiary/aromatic N) is 2. The first-order valence-corrected chi connectivity index (χ1v) is 11.2. The van der Waals surface area contributed by atoms with Crippen molar-refractivity contribution in [3.05, 3.63) is 75.2 Å². The van der Waals surface area contributed by atoms with Crippen LogP contribution in [0.5, 0.6) is 0 Å². The Morgan fingerprint density at radius 1 is 1.00 bits per heavy atom. The van der Waals surface area contributed by atoms with Gasteiger partial charge in [-0.15, -0.1) is 0 Å². The van der Waals surface area contributed by atoms with Crippen molar-refractivity contribution in [2.45, 2.75) is 25.2 Å². The smallest absolute Gasteiger partial charge is 0.258 e. The summed E-state index contributed by atoms with van der Waals surface area (Å²) in [6, 6.07) is 14.2. The van der Waals surface area contributed by atoms with E-state index in [2.05, 4.69) is 28.5 Å². The number of ether oxygens (including phenoxy) is 1. The molecular formula is C25H24N4O3. The number of H-pyrrole nitrogens is 1. The molecule has 3 aliphatic rings. The molecule has 7 heteroatoms. The molecule has 0 saturated carbocycles. The Morgan fingerprint density at radius 3 is 2.69 bits per heavy atom. The summed E-state index contributed by atoms with van der Waals surface area (Å²) < 4.78 is 5.44. The molecule has 0 amide bonds. The number of hydrogen-bond donors (Lipinski definition) is 2. The molecule has 6 rings (SSSR count). The monoisotopic (exact) mass is 428 g/mol. The number of nitrogens with one attached hydrogen (secondary N) is 2. The molecule has 1 atom stereocenters. The molecule has 2 aliphatic heterocycles. The van der Waals surface area contributed by atoms with E-state index in [0.717, 1.165) is 34.9 Å². The van der Waals surface area contributed by atoms with Gasteiger partial charge >= 0.3 is 0 Å². The van der Waals surface area contributed by atoms with E-state index in [-0.39, 0.29) is 11.3 Å². The highest BCUT2D eigenvalue weighted by Crippen LogP contribution is 2.45. The Labute approximate surface area is 185 Å². The number of ketones is 1. The molecule has 32 heavy (non-hydrogen) atoms. The summed E-state index contributed by atoms with van der Waals surface area (Å²) in [4.78, 5) is 36.5. The number of benzene rings is 2. The third-order valence-electron chi connectivity index (χ3n) is 6.69. The van der Waals surface area contributed by atoms with Crippen LogP contribution < -0.4 is 15.8 Å². The van der Waals surface area contributed by atoms with E-state index in [4.69, 9.17) is 9.72 Å². The molecule has 1 unspecified atom stereocenters. The molecule has 2 aromatic carbocycles. The number of fused-ring (bicyclic) bond motifs is 2. The Hall–Kier alpha value is -3.45. The van der Waals surface area contributed by atoms with Crippen molar-refractivity contribution in [3.63, 3.8) is 0 Å². The van der Waals surface area contributed by atoms with Gasteiger partial charge in [-0.05, 0) is 29.2 Å². The second-order valence-corrected chi connectivity index (χ2v) is 8.55. The number of anilines is 2. The third-order valence-corrected chi connectivity index (χ3v) is 6.69. The maximum Gasteiger partial charge on any atom is 0.258 e. The molecule has 3 heterocycles. The quantitative estimate of drug-likeness (QED) is 0.651. The molecule has 0 spiro atoms. The fourth-order valence-corrected chi connectivity index (χ4v) is 5.19. The molecule has 3 aromatic rings. The lowest BCUT2D eigenvalue weighted by molar-refractivity contribution is -0.116. The lowest BCUT2D eigenvalue weighted by Crippen LogP contribution is -2.40. The highest BCUT2D eigenvalue weighted by atomic mass is 16.5. The Morgan fingerprint density at radius 2 is 1.81 bits per heavy atom. The fourth-order valence-electron chi connectivity index (χ4n) is 5.19. The average Bonchev–Trinajstić information content (AvgIpc) is 2.83. The Bertz CT molecular complexity index is 1320. The van der Waals surface area contributed by atoms with E-state index >= 15 is 0 Å². The zero-order chi connectivity index (χ0) is 21.7. The SMILES string of the molecule is O=C1CCCC2=C1C(c1cccc3ccccc13)c1c(nc(N3CCOCC3)[nH]c1=O)N2. The zero-order valence-corrected chi connectivity index (χ0v) is 17.7. The van der Waals surface area contributed by atoms with Crippen molar-refractivity contribution < 1.29 is 9.53 Å². The molecule has 2 N–H and O–H groups in total. The summed E-state index contributed by atoms with van der Waals surface area (Å²) in [5, 5.41) is 5.51. The minimum Gasteiger partial charge on any atom is -0.378 e. The van der Waals surface area contributed by atoms with Crippen LogP contribution in [0.25, 0.3) is 10.8 Å². The van der Waals surface area contributed by atoms with E-state index < -0.39 is 5.92 Å². The van der Waals surface area contributed by atoms with Gasteiger partial charge in [0, 0.05) is 36.7 Å². The van der Waals surface area contributed by atoms with Crippen LogP contribution in [0.15, 0.2) is 58.5 Å². The predicted molar refractivity (Wildman–Crippen MR) is 123 cm³/mol. The van der Waals surface area contributed by atoms with Crippen LogP contribution in [-0.4, -0.2) is 42.1 Å². The standard InChI is InChI=1S/C25H24N4O3/c30-19-10-4-9-18-21(19)20(17-8-3-6-15-5-1-2-7-16(15)17)22-23(26-18)27-25(28-24(22)31)29-11-13-32-14-12-29/h1-3,5-8,20H,4,9-14H2,(H2,26,27,28,31). The highest BCUT2D eigenvalue weighted by molar-refractivity contribution is 6.02. The van der Waals surface area contributed by atoms with Crippen molar-refractivity contribution in [1.29, 1.82) is 0 Å². The van der Waals surface area contributed by atoms with Crippen molar-refractivity contribution in [2.75, 3.05) is 36.5 Å². The van der Waals surface area contributed by atoms with Crippen LogP contribution in [0.4, 0.5) is 11.8 Å². The van der Waals surface area contributed by atoms with E-state index in [1.165, 1.54) is 0 Å². The Balaban J connectivity index is 1.58. The molecule has 1 saturated heterocycles. The summed E-state index contributed by atoms with van der Waals surface area (Å²) in [5.74, 6) is 0.781. The number of rotatable bonds is 2. The van der Waals surface area contributed by atoms with Crippen LogP contribution in [0, 0.1) is 0 Å². The summed E-state index contributed by atoms with van der Waals surface area (Å²) in [6.07, 6.45) is 2.10. The van der Waals surface area contributed by atoms with Crippen LogP contribution in [-0.2, 0) is 9.53 Å². The lowest BCUT2D eigenvalue weighted by Gasteiger charge is -2.34. The second-order valence-electron chi connectivity index (χ2n) is 8.55. The molecule has 1 aliphatic carbocycles. The highest BCUT2D eigenvalue weighted by Gasteiger charge is 2.38. The molecule has 1 fully saturated rings. The van der Waals surface area contributed by atoms with Gasteiger partial charge in [0.1, 0.15) is 5.82 Å². The number of Topliss-reactive ketones (excluding diaryl/α,β-unsaturated/α-hetero) is 1. The summed E-state index contributed by atoms with van der Waals surface area (Å²) in [5.41, 5.74) is 2.91. The van der Waals surface area contributed by atoms with Crippen molar-refractivity contribution in [2.24, 2.45) is 0 Å². The molecule has 1 aromatic heterocycles. The third kappa shape index (κ3) is 3.04. The zero-order valence-electron chi connectivity index (χ0n) is 17.7. The molecular weight excluding hydrogens is 404 g/mol. The van der Waals surface area contributed by atoms with Crippen LogP contribution in [0.1, 0.15) is 36.3 Å². The summed E-state index contributed by atoms with van der Waals surface area (Å²) in [7, 11) is 0. The normalized spacial score (nSPS) is 20.7. The predicted octanol–water partition coefficient (Wildman–Crippen LogP) is 3.32. The molecule has 7 nitrogen and oxygen atoms in total. The van der Waals surface area contributed by atoms with Crippen molar-refractivity contribution in [1.82, 2.24) is 9.97 Å². The van der Waals surface area contributed by atoms with E-state index in [9.17, 15) is 9.59 Å². The fraction of sp³-hybridized carbons (Fsp3) is 0.320. The largest absolute Gasteiger partial charge is 0.378 e. The van der Waals surface area contributed by atoms with Crippen molar-refractivity contribution >= 4 is 28.3 Å². The number of carbonyl (C=O) groups excluding carboxylic acids is 1. The first-order valence-electron chi connectivity index (χ1n) is 11.2. The Kier molecular flexibility index (Phi) is 4.57. The van der Waals surface area contributed by atoms with E-state index in [0.29, 0.717) is 55.6 Å². The molecule has 0 radical (unpaired) electrons. The van der Waals surface area contributed by atoms with Gasteiger partial charge in [0.05, 0.1) is 18.8 Å². The molecule has 162 valence electrons. The number of morpholine rings is 1. The van der Waals surface area contributed by atoms with E-state index in [1.54, 1.807) is 0 Å². The van der Waals surface area contributed by atoms with Gasteiger partial charge < -0.3 is 15.0 Å². The average molecular weight is 428 g/mol. The van der Waals surface area contributed by atoms with Crippen LogP contribution in [0.2, 0.25) is 0 Å². The summed E-state index contributed by atoms with van der Waals surface area (Å²) >= 11 is 0. The number of allylic oxidation sites excluding steroid dienone is 2. The van der Waals surface area contributed by atoms with E-state index in [1.807, 2.05) is 29.2 Å². The van der Waals surface area contributed by atoms with Crippen LogP contribution >= 0.6 is 0 Å². The summed E-state index contributed by atoms with van der Waals surface area (Å²) in [6.45, 7) is 2.58. The first kappa shape index (κ1) is 19.3. The minimum atomic E-state index is -0.435. The minimum absolute atomic E-state index is 0.110. The maximum atomic E-state index is 13.5. The van der Waals surface area contributed by atoms with Gasteiger partial charge in [0.15, 0.2) is 5.78 Å². The van der Waals surface area contributed by atoms with Gasteiger partial charge in [0.2, 0.25) is 5.95 Å². The second kappa shape index (κ2) is 7.60. The molecule has 0 bridgehead atoms. The van der Waals surface area contributed by atoms with Crippen LogP contribution in [0.3, 0.4) is 0 Å². The first-order chi connectivity index (χ1) is 15.7. The number of aromatic nitrogens is 2. The van der Waals surface area contributed by atoms with Gasteiger partial charge in [-0.2, -0.15) is 4.98 Å². The number of aromatic amines is 1. The van der Waals surface area contributed by atoms with Crippen molar-refractivity contribution in [3.8, 4) is 0 Å². The van der Waals surface area contributed by atoms with Gasteiger partial charge in [0.25, 0.3) is 5.56 Å². The van der Waals surface area contributed by atoms with Gasteiger partial charge in [-0.1, -0.05) is 42.5 Å². The van der Waals surface area contributed by atoms with Gasteiger partial charge in [-0.3, -0.25) is 14.6 Å². The maximum absolute atomic E-state index is 13.5. The van der Waals surface area contributed by atoms with Gasteiger partial charge in [-0.25, -0.2) is 0 Å². The number of carbonyl (C=O) groups is 1. The lowest BCUT2D eigenvalue weighted by atomic mass is 9.75.